The highest BCUT2D eigenvalue weighted by Crippen LogP contribution is 2.47. The number of para-hydroxylation sites is 2. The summed E-state index contributed by atoms with van der Waals surface area (Å²) in [6.45, 7) is 8.16. The van der Waals surface area contributed by atoms with Gasteiger partial charge >= 0.3 is 0 Å². The summed E-state index contributed by atoms with van der Waals surface area (Å²) >= 11 is 3.56. The summed E-state index contributed by atoms with van der Waals surface area (Å²) in [5.41, 5.74) is 6.54. The Labute approximate surface area is 243 Å². The maximum Gasteiger partial charge on any atom is 0.205 e. The van der Waals surface area contributed by atoms with Crippen molar-refractivity contribution in [3.05, 3.63) is 133 Å². The third-order valence-electron chi connectivity index (χ3n) is 8.21. The fourth-order valence-electron chi connectivity index (χ4n) is 6.48. The van der Waals surface area contributed by atoms with E-state index >= 15 is 0 Å². The summed E-state index contributed by atoms with van der Waals surface area (Å²) in [6.07, 6.45) is 0. The second kappa shape index (κ2) is 8.52. The van der Waals surface area contributed by atoms with Crippen LogP contribution >= 0.6 is 22.7 Å². The highest BCUT2D eigenvalue weighted by atomic mass is 32.1. The van der Waals surface area contributed by atoms with Crippen molar-refractivity contribution in [2.45, 2.75) is 0 Å². The summed E-state index contributed by atoms with van der Waals surface area (Å²) < 4.78 is 7.21. The van der Waals surface area contributed by atoms with Crippen LogP contribution in [0.5, 0.6) is 0 Å². The third-order valence-corrected chi connectivity index (χ3v) is 10.6. The highest BCUT2D eigenvalue weighted by molar-refractivity contribution is 7.27. The summed E-state index contributed by atoms with van der Waals surface area (Å²) in [5, 5.41) is 7.39. The quantitative estimate of drug-likeness (QED) is 0.187. The fourth-order valence-corrected chi connectivity index (χ4v) is 8.86. The first-order chi connectivity index (χ1) is 20.3. The Morgan fingerprint density at radius 1 is 0.537 bits per heavy atom. The maximum absolute atomic E-state index is 8.16. The minimum atomic E-state index is 0.711. The van der Waals surface area contributed by atoms with E-state index in [1.165, 1.54) is 57.6 Å². The molecule has 9 rings (SSSR count). The minimum absolute atomic E-state index is 0.711. The van der Waals surface area contributed by atoms with Crippen molar-refractivity contribution < 1.29 is 0 Å². The van der Waals surface area contributed by atoms with Gasteiger partial charge in [-0.2, -0.15) is 0 Å². The van der Waals surface area contributed by atoms with Crippen LogP contribution in [0.25, 0.3) is 83.8 Å². The summed E-state index contributed by atoms with van der Waals surface area (Å²) in [5.74, 6) is 0. The molecule has 0 aliphatic carbocycles. The first kappa shape index (κ1) is 22.8. The van der Waals surface area contributed by atoms with Crippen molar-refractivity contribution in [1.29, 1.82) is 0 Å². The van der Waals surface area contributed by atoms with Crippen LogP contribution in [-0.4, -0.2) is 4.57 Å². The smallest absolute Gasteiger partial charge is 0.205 e. The van der Waals surface area contributed by atoms with Crippen molar-refractivity contribution in [3.63, 3.8) is 0 Å². The van der Waals surface area contributed by atoms with Gasteiger partial charge in [0.15, 0.2) is 0 Å². The van der Waals surface area contributed by atoms with E-state index in [1.54, 1.807) is 11.3 Å². The topological polar surface area (TPSA) is 9.29 Å². The first-order valence-electron chi connectivity index (χ1n) is 13.6. The van der Waals surface area contributed by atoms with E-state index in [2.05, 4.69) is 131 Å². The van der Waals surface area contributed by atoms with Crippen molar-refractivity contribution in [3.8, 4) is 16.8 Å². The lowest BCUT2D eigenvalue weighted by Gasteiger charge is -2.09. The summed E-state index contributed by atoms with van der Waals surface area (Å²) in [7, 11) is 0. The molecule has 0 unspecified atom stereocenters. The van der Waals surface area contributed by atoms with Gasteiger partial charge < -0.3 is 4.57 Å². The van der Waals surface area contributed by atoms with Gasteiger partial charge in [-0.3, -0.25) is 0 Å². The van der Waals surface area contributed by atoms with Gasteiger partial charge in [0.2, 0.25) is 5.69 Å². The third kappa shape index (κ3) is 3.16. The van der Waals surface area contributed by atoms with E-state index in [-0.39, 0.29) is 0 Å². The van der Waals surface area contributed by atoms with E-state index in [0.29, 0.717) is 5.69 Å². The molecule has 0 bridgehead atoms. The second-order valence-corrected chi connectivity index (χ2v) is 12.5. The van der Waals surface area contributed by atoms with Crippen LogP contribution in [0.15, 0.2) is 121 Å². The SMILES string of the molecule is [C-]#[N+]c1cc(-c2cccc3sc4ccccc4c23)cc2c1sc1c(-n3c4ccccc4c4ccccc43)cccc12. The number of hydrogen-bond donors (Lipinski definition) is 0. The second-order valence-electron chi connectivity index (χ2n) is 10.4. The van der Waals surface area contributed by atoms with Gasteiger partial charge in [0.25, 0.3) is 0 Å². The number of thiophene rings is 2. The average molecular weight is 557 g/mol. The molecule has 0 saturated carbocycles. The predicted octanol–water partition coefficient (Wildman–Crippen LogP) is 11.7. The zero-order valence-electron chi connectivity index (χ0n) is 21.8. The molecule has 0 atom stereocenters. The van der Waals surface area contributed by atoms with Crippen LogP contribution in [0.4, 0.5) is 5.69 Å². The molecule has 0 fully saturated rings. The Bertz CT molecular complexity index is 2500. The molecule has 6 aromatic carbocycles. The molecule has 3 heterocycles. The molecule has 0 aliphatic rings. The first-order valence-corrected chi connectivity index (χ1v) is 15.2. The van der Waals surface area contributed by atoms with Gasteiger partial charge in [0.1, 0.15) is 0 Å². The predicted molar refractivity (Wildman–Crippen MR) is 178 cm³/mol. The lowest BCUT2D eigenvalue weighted by molar-refractivity contribution is 1.20. The Hall–Kier alpha value is -4.95. The highest BCUT2D eigenvalue weighted by Gasteiger charge is 2.19. The molecular formula is C37H20N2S2. The summed E-state index contributed by atoms with van der Waals surface area (Å²) in [4.78, 5) is 4.06. The molecule has 0 N–H and O–H groups in total. The van der Waals surface area contributed by atoms with Crippen molar-refractivity contribution in [2.24, 2.45) is 0 Å². The molecule has 2 nitrogen and oxygen atoms in total. The van der Waals surface area contributed by atoms with Crippen LogP contribution in [0.2, 0.25) is 0 Å². The van der Waals surface area contributed by atoms with E-state index < -0.39 is 0 Å². The standard InChI is InChI=1S/C37H20N2S2/c1-38-29-21-22(23-13-9-19-34-35(23)27-12-4-7-18-33(27)40-34)20-28-26-14-8-17-32(37(26)41-36(28)29)39-30-15-5-2-10-24(30)25-11-3-6-16-31(25)39/h2-21H. The Morgan fingerprint density at radius 2 is 1.20 bits per heavy atom. The van der Waals surface area contributed by atoms with Crippen molar-refractivity contribution in [1.82, 2.24) is 4.57 Å². The monoisotopic (exact) mass is 556 g/mol. The molecule has 0 spiro atoms. The van der Waals surface area contributed by atoms with E-state index in [1.807, 2.05) is 11.3 Å². The average Bonchev–Trinajstić information content (AvgIpc) is 3.70. The van der Waals surface area contributed by atoms with Gasteiger partial charge in [-0.1, -0.05) is 78.9 Å². The zero-order chi connectivity index (χ0) is 27.1. The molecule has 0 amide bonds. The molecule has 0 aliphatic heterocycles. The fraction of sp³-hybridized carbons (Fsp3) is 0. The molecule has 9 aromatic rings. The van der Waals surface area contributed by atoms with Gasteiger partial charge in [-0.25, -0.2) is 4.85 Å². The van der Waals surface area contributed by atoms with Crippen LogP contribution in [-0.2, 0) is 0 Å². The van der Waals surface area contributed by atoms with E-state index in [9.17, 15) is 0 Å². The summed E-state index contributed by atoms with van der Waals surface area (Å²) in [6, 6.07) is 43.4. The lowest BCUT2D eigenvalue weighted by atomic mass is 9.97. The molecular weight excluding hydrogens is 537 g/mol. The van der Waals surface area contributed by atoms with E-state index in [4.69, 9.17) is 6.57 Å². The lowest BCUT2D eigenvalue weighted by Crippen LogP contribution is -1.93. The van der Waals surface area contributed by atoms with Crippen LogP contribution in [0.1, 0.15) is 0 Å². The molecule has 190 valence electrons. The molecule has 4 heteroatoms. The number of fused-ring (bicyclic) bond motifs is 9. The molecule has 41 heavy (non-hydrogen) atoms. The zero-order valence-corrected chi connectivity index (χ0v) is 23.4. The maximum atomic E-state index is 8.16. The molecule has 3 aromatic heterocycles. The molecule has 0 saturated heterocycles. The van der Waals surface area contributed by atoms with Gasteiger partial charge in [0, 0.05) is 41.0 Å². The van der Waals surface area contributed by atoms with Crippen LogP contribution in [0, 0.1) is 6.57 Å². The van der Waals surface area contributed by atoms with Gasteiger partial charge in [-0.05, 0) is 59.0 Å². The Kier molecular flexibility index (Phi) is 4.74. The molecule has 0 radical (unpaired) electrons. The largest absolute Gasteiger partial charge is 0.308 e. The van der Waals surface area contributed by atoms with Crippen molar-refractivity contribution >= 4 is 90.5 Å². The van der Waals surface area contributed by atoms with Crippen LogP contribution in [0.3, 0.4) is 0 Å². The number of benzene rings is 6. The van der Waals surface area contributed by atoms with E-state index in [0.717, 1.165) is 21.3 Å². The van der Waals surface area contributed by atoms with Crippen LogP contribution < -0.4 is 0 Å². The van der Waals surface area contributed by atoms with Gasteiger partial charge in [0.05, 0.1) is 28.0 Å². The number of hydrogen-bond acceptors (Lipinski definition) is 2. The Morgan fingerprint density at radius 3 is 1.98 bits per heavy atom. The number of nitrogens with zero attached hydrogens (tertiary/aromatic N) is 2. The normalized spacial score (nSPS) is 11.9. The Balaban J connectivity index is 1.37. The minimum Gasteiger partial charge on any atom is -0.308 e. The van der Waals surface area contributed by atoms with Gasteiger partial charge in [-0.15, -0.1) is 22.7 Å². The number of rotatable bonds is 2. The van der Waals surface area contributed by atoms with Crippen molar-refractivity contribution in [2.75, 3.05) is 0 Å². The number of aromatic nitrogens is 1.